The molecular weight excluding hydrogens is 146 g/mol. The summed E-state index contributed by atoms with van der Waals surface area (Å²) in [5.74, 6) is 0. The Bertz CT molecular complexity index is 319. The first-order valence-electron chi connectivity index (χ1n) is 2.90. The van der Waals surface area contributed by atoms with Crippen LogP contribution in [-0.2, 0) is 11.0 Å². The normalized spacial score (nSPS) is 21.0. The third kappa shape index (κ3) is 0.708. The van der Waals surface area contributed by atoms with Crippen molar-refractivity contribution < 1.29 is 8.61 Å². The fourth-order valence-corrected chi connectivity index (χ4v) is 1.72. The van der Waals surface area contributed by atoms with Crippen LogP contribution in [0.1, 0.15) is 5.56 Å². The fourth-order valence-electron chi connectivity index (χ4n) is 0.888. The van der Waals surface area contributed by atoms with E-state index in [1.165, 1.54) is 0 Å². The Morgan fingerprint density at radius 2 is 2.20 bits per heavy atom. The van der Waals surface area contributed by atoms with Crippen molar-refractivity contribution in [2.24, 2.45) is 0 Å². The number of hydrogen-bond donors (Lipinski definition) is 1. The van der Waals surface area contributed by atoms with Crippen molar-refractivity contribution in [1.29, 1.82) is 0 Å². The van der Waals surface area contributed by atoms with Crippen molar-refractivity contribution in [2.75, 3.05) is 0 Å². The summed E-state index contributed by atoms with van der Waals surface area (Å²) in [7, 11) is -1.06. The Labute approximate surface area is 61.2 Å². The van der Waals surface area contributed by atoms with Gasteiger partial charge in [-0.2, -0.15) is 10.3 Å². The largest absolute Gasteiger partial charge is 0.246 e. The molecule has 1 heterocycles. The molecule has 10 heavy (non-hydrogen) atoms. The first kappa shape index (κ1) is 5.80. The molecule has 1 N–H and O–H groups in total. The molecule has 1 atom stereocenters. The molecule has 0 spiro atoms. The lowest BCUT2D eigenvalue weighted by atomic mass is 10.2. The predicted octanol–water partition coefficient (Wildman–Crippen LogP) is -0.901. The third-order valence-corrected chi connectivity index (χ3v) is 2.41. The zero-order chi connectivity index (χ0) is 6.97. The Hall–Kier alpha value is -0.960. The molecule has 0 aliphatic carbocycles. The smallest absolute Gasteiger partial charge is 0.213 e. The SMILES string of the molecule is O=S1[NH+]=[C-]c2ccccc21. The van der Waals surface area contributed by atoms with E-state index < -0.39 is 11.0 Å². The molecule has 2 nitrogen and oxygen atoms in total. The molecule has 0 saturated carbocycles. The summed E-state index contributed by atoms with van der Waals surface area (Å²) in [5, 5.41) is 0. The molecule has 1 unspecified atom stereocenters. The zero-order valence-electron chi connectivity index (χ0n) is 5.13. The maximum atomic E-state index is 11.0. The highest BCUT2D eigenvalue weighted by atomic mass is 32.2. The van der Waals surface area contributed by atoms with E-state index in [0.717, 1.165) is 10.5 Å². The summed E-state index contributed by atoms with van der Waals surface area (Å²) in [6, 6.07) is 7.48. The van der Waals surface area contributed by atoms with Crippen LogP contribution in [0.15, 0.2) is 29.2 Å². The van der Waals surface area contributed by atoms with Crippen LogP contribution in [0.4, 0.5) is 0 Å². The zero-order valence-corrected chi connectivity index (χ0v) is 5.94. The van der Waals surface area contributed by atoms with E-state index in [1.807, 2.05) is 24.3 Å². The number of nitrogens with one attached hydrogen (secondary N) is 1. The van der Waals surface area contributed by atoms with Gasteiger partial charge in [-0.25, -0.2) is 4.40 Å². The van der Waals surface area contributed by atoms with E-state index >= 15 is 0 Å². The first-order chi connectivity index (χ1) is 4.88. The average molecular weight is 151 g/mol. The van der Waals surface area contributed by atoms with Crippen LogP contribution in [-0.4, -0.2) is 10.4 Å². The molecule has 0 aromatic heterocycles. The third-order valence-electron chi connectivity index (χ3n) is 1.37. The Kier molecular flexibility index (Phi) is 1.17. The Morgan fingerprint density at radius 1 is 1.40 bits per heavy atom. The van der Waals surface area contributed by atoms with Crippen molar-refractivity contribution in [1.82, 2.24) is 0 Å². The lowest BCUT2D eigenvalue weighted by Crippen LogP contribution is -2.66. The van der Waals surface area contributed by atoms with Gasteiger partial charge in [0.15, 0.2) is 0 Å². The maximum absolute atomic E-state index is 11.0. The molecule has 0 saturated heterocycles. The van der Waals surface area contributed by atoms with E-state index in [4.69, 9.17) is 0 Å². The van der Waals surface area contributed by atoms with Gasteiger partial charge >= 0.3 is 0 Å². The molecule has 0 amide bonds. The van der Waals surface area contributed by atoms with Gasteiger partial charge < -0.3 is 0 Å². The molecule has 3 heteroatoms. The molecule has 1 aliphatic rings. The molecule has 2 rings (SSSR count). The molecule has 1 aromatic carbocycles. The van der Waals surface area contributed by atoms with Crippen molar-refractivity contribution in [3.63, 3.8) is 0 Å². The van der Waals surface area contributed by atoms with Gasteiger partial charge in [0, 0.05) is 4.90 Å². The standard InChI is InChI=1S/C7H5NOS/c9-10-7-4-2-1-3-6(7)5-8-10/h1-4,8H. The summed E-state index contributed by atoms with van der Waals surface area (Å²) in [6.45, 7) is 0. The second-order valence-electron chi connectivity index (χ2n) is 1.99. The van der Waals surface area contributed by atoms with Crippen molar-refractivity contribution in [3.8, 4) is 0 Å². The summed E-state index contributed by atoms with van der Waals surface area (Å²) in [6.07, 6.45) is 2.80. The topological polar surface area (TPSA) is 31.0 Å². The molecule has 0 fully saturated rings. The van der Waals surface area contributed by atoms with Gasteiger partial charge in [-0.15, -0.1) is 11.6 Å². The second kappa shape index (κ2) is 2.02. The van der Waals surface area contributed by atoms with Crippen LogP contribution in [0.2, 0.25) is 0 Å². The number of benzene rings is 1. The minimum atomic E-state index is -1.06. The van der Waals surface area contributed by atoms with Crippen molar-refractivity contribution in [3.05, 3.63) is 29.8 Å². The molecule has 1 aromatic rings. The van der Waals surface area contributed by atoms with Gasteiger partial charge in [-0.3, -0.25) is 0 Å². The number of fused-ring (bicyclic) bond motifs is 1. The van der Waals surface area contributed by atoms with E-state index in [9.17, 15) is 4.21 Å². The van der Waals surface area contributed by atoms with E-state index in [1.54, 1.807) is 0 Å². The van der Waals surface area contributed by atoms with Crippen LogP contribution in [0.25, 0.3) is 0 Å². The van der Waals surface area contributed by atoms with Crippen LogP contribution in [0, 0.1) is 0 Å². The van der Waals surface area contributed by atoms with Gasteiger partial charge in [-0.1, -0.05) is 12.1 Å². The maximum Gasteiger partial charge on any atom is 0.246 e. The highest BCUT2D eigenvalue weighted by molar-refractivity contribution is 7.78. The second-order valence-corrected chi connectivity index (χ2v) is 3.17. The highest BCUT2D eigenvalue weighted by Crippen LogP contribution is 2.08. The van der Waals surface area contributed by atoms with Crippen molar-refractivity contribution >= 4 is 17.2 Å². The Balaban J connectivity index is 2.70. The van der Waals surface area contributed by atoms with E-state index in [2.05, 4.69) is 10.6 Å². The summed E-state index contributed by atoms with van der Waals surface area (Å²) in [5.41, 5.74) is 0.904. The van der Waals surface area contributed by atoms with Gasteiger partial charge in [-0.05, 0) is 0 Å². The molecular formula is C7H5NOS. The fraction of sp³-hybridized carbons (Fsp3) is 0. The predicted molar refractivity (Wildman–Crippen MR) is 37.9 cm³/mol. The van der Waals surface area contributed by atoms with E-state index in [-0.39, 0.29) is 0 Å². The van der Waals surface area contributed by atoms with Crippen LogP contribution < -0.4 is 4.40 Å². The van der Waals surface area contributed by atoms with Crippen LogP contribution >= 0.6 is 0 Å². The average Bonchev–Trinajstić information content (AvgIpc) is 2.34. The Morgan fingerprint density at radius 3 is 3.00 bits per heavy atom. The van der Waals surface area contributed by atoms with Gasteiger partial charge in [0.25, 0.3) is 0 Å². The number of rotatable bonds is 0. The van der Waals surface area contributed by atoms with Crippen LogP contribution in [0.3, 0.4) is 0 Å². The number of hydrogen-bond acceptors (Lipinski definition) is 1. The van der Waals surface area contributed by atoms with Gasteiger partial charge in [0.2, 0.25) is 11.0 Å². The minimum absolute atomic E-state index is 0.822. The lowest BCUT2D eigenvalue weighted by Gasteiger charge is -1.95. The highest BCUT2D eigenvalue weighted by Gasteiger charge is 2.09. The molecule has 1 aliphatic heterocycles. The molecule has 0 bridgehead atoms. The van der Waals surface area contributed by atoms with Crippen molar-refractivity contribution in [2.45, 2.75) is 4.90 Å². The lowest BCUT2D eigenvalue weighted by molar-refractivity contribution is -0.246. The quantitative estimate of drug-likeness (QED) is 0.479. The monoisotopic (exact) mass is 151 g/mol. The van der Waals surface area contributed by atoms with Gasteiger partial charge in [0.05, 0.1) is 0 Å². The summed E-state index contributed by atoms with van der Waals surface area (Å²) in [4.78, 5) is 0.822. The molecule has 0 radical (unpaired) electrons. The summed E-state index contributed by atoms with van der Waals surface area (Å²) >= 11 is 0. The summed E-state index contributed by atoms with van der Waals surface area (Å²) < 4.78 is 13.6. The first-order valence-corrected chi connectivity index (χ1v) is 4.05. The molecule has 50 valence electrons. The van der Waals surface area contributed by atoms with Gasteiger partial charge in [0.1, 0.15) is 6.21 Å². The minimum Gasteiger partial charge on any atom is -0.213 e. The van der Waals surface area contributed by atoms with E-state index in [0.29, 0.717) is 0 Å². The van der Waals surface area contributed by atoms with Crippen LogP contribution in [0.5, 0.6) is 0 Å².